The number of halogens is 3. The monoisotopic (exact) mass is 259 g/mol. The second kappa shape index (κ2) is 5.71. The van der Waals surface area contributed by atoms with Gasteiger partial charge < -0.3 is 10.1 Å². The molecule has 1 aromatic rings. The quantitative estimate of drug-likeness (QED) is 0.897. The fourth-order valence-corrected chi connectivity index (χ4v) is 1.99. The van der Waals surface area contributed by atoms with Crippen LogP contribution in [-0.4, -0.2) is 19.3 Å². The molecule has 1 atom stereocenters. The van der Waals surface area contributed by atoms with Crippen molar-refractivity contribution in [2.24, 2.45) is 0 Å². The summed E-state index contributed by atoms with van der Waals surface area (Å²) < 4.78 is 42.5. The van der Waals surface area contributed by atoms with Gasteiger partial charge in [0, 0.05) is 19.7 Å². The van der Waals surface area contributed by atoms with E-state index >= 15 is 0 Å². The van der Waals surface area contributed by atoms with Crippen molar-refractivity contribution < 1.29 is 17.9 Å². The van der Waals surface area contributed by atoms with E-state index in [4.69, 9.17) is 4.74 Å². The maximum atomic E-state index is 12.3. The van der Waals surface area contributed by atoms with E-state index < -0.39 is 11.7 Å². The number of benzene rings is 1. The Kier molecular flexibility index (Phi) is 4.24. The lowest BCUT2D eigenvalue weighted by atomic mass is 10.1. The van der Waals surface area contributed by atoms with Gasteiger partial charge in [-0.25, -0.2) is 0 Å². The molecule has 0 radical (unpaired) electrons. The molecule has 0 spiro atoms. The minimum Gasteiger partial charge on any atom is -0.377 e. The van der Waals surface area contributed by atoms with Gasteiger partial charge >= 0.3 is 6.18 Å². The molecule has 2 nitrogen and oxygen atoms in total. The van der Waals surface area contributed by atoms with Crippen LogP contribution in [0.3, 0.4) is 0 Å². The lowest BCUT2D eigenvalue weighted by Crippen LogP contribution is -2.25. The van der Waals surface area contributed by atoms with Gasteiger partial charge in [0.2, 0.25) is 0 Å². The van der Waals surface area contributed by atoms with Crippen LogP contribution in [0.4, 0.5) is 13.2 Å². The third kappa shape index (κ3) is 3.71. The van der Waals surface area contributed by atoms with Crippen LogP contribution in [-0.2, 0) is 17.5 Å². The Morgan fingerprint density at radius 2 is 1.94 bits per heavy atom. The number of hydrogen-bond acceptors (Lipinski definition) is 2. The van der Waals surface area contributed by atoms with E-state index in [-0.39, 0.29) is 6.10 Å². The molecule has 5 heteroatoms. The average Bonchev–Trinajstić information content (AvgIpc) is 2.82. The second-order valence-corrected chi connectivity index (χ2v) is 4.46. The first-order valence-electron chi connectivity index (χ1n) is 6.04. The zero-order chi connectivity index (χ0) is 13.0. The van der Waals surface area contributed by atoms with Crippen LogP contribution in [0.2, 0.25) is 0 Å². The molecular formula is C13H16F3NO. The highest BCUT2D eigenvalue weighted by Gasteiger charge is 2.29. The summed E-state index contributed by atoms with van der Waals surface area (Å²) in [4.78, 5) is 0. The van der Waals surface area contributed by atoms with Gasteiger partial charge in [0.1, 0.15) is 0 Å². The lowest BCUT2D eigenvalue weighted by molar-refractivity contribution is -0.137. The van der Waals surface area contributed by atoms with E-state index in [0.29, 0.717) is 6.54 Å². The SMILES string of the molecule is FC(F)(F)c1ccc(CNC[C@H]2CCCO2)cc1. The standard InChI is InChI=1S/C13H16F3NO/c14-13(15,16)11-5-3-10(4-6-11)8-17-9-12-2-1-7-18-12/h3-6,12,17H,1-2,7-9H2/t12-/m1/s1. The van der Waals surface area contributed by atoms with Gasteiger partial charge in [0.25, 0.3) is 0 Å². The van der Waals surface area contributed by atoms with Crippen molar-refractivity contribution in [1.82, 2.24) is 5.32 Å². The van der Waals surface area contributed by atoms with Gasteiger partial charge in [0.05, 0.1) is 11.7 Å². The smallest absolute Gasteiger partial charge is 0.377 e. The Balaban J connectivity index is 1.79. The second-order valence-electron chi connectivity index (χ2n) is 4.46. The van der Waals surface area contributed by atoms with Gasteiger partial charge in [-0.1, -0.05) is 12.1 Å². The maximum absolute atomic E-state index is 12.3. The zero-order valence-corrected chi connectivity index (χ0v) is 9.96. The first-order valence-corrected chi connectivity index (χ1v) is 6.04. The number of hydrogen-bond donors (Lipinski definition) is 1. The van der Waals surface area contributed by atoms with E-state index in [1.807, 2.05) is 0 Å². The minimum atomic E-state index is -4.26. The lowest BCUT2D eigenvalue weighted by Gasteiger charge is -2.11. The highest BCUT2D eigenvalue weighted by molar-refractivity contribution is 5.24. The first kappa shape index (κ1) is 13.4. The van der Waals surface area contributed by atoms with Crippen LogP contribution in [0, 0.1) is 0 Å². The van der Waals surface area contributed by atoms with Crippen molar-refractivity contribution in [3.63, 3.8) is 0 Å². The Hall–Kier alpha value is -1.07. The average molecular weight is 259 g/mol. The topological polar surface area (TPSA) is 21.3 Å². The summed E-state index contributed by atoms with van der Waals surface area (Å²) in [6, 6.07) is 5.24. The molecule has 1 heterocycles. The largest absolute Gasteiger partial charge is 0.416 e. The predicted molar refractivity (Wildman–Crippen MR) is 62.1 cm³/mol. The van der Waals surface area contributed by atoms with E-state index in [0.717, 1.165) is 43.7 Å². The van der Waals surface area contributed by atoms with Crippen molar-refractivity contribution >= 4 is 0 Å². The maximum Gasteiger partial charge on any atom is 0.416 e. The molecule has 0 amide bonds. The molecule has 100 valence electrons. The predicted octanol–water partition coefficient (Wildman–Crippen LogP) is 2.97. The van der Waals surface area contributed by atoms with Crippen LogP contribution in [0.1, 0.15) is 24.0 Å². The molecule has 1 saturated heterocycles. The molecule has 2 rings (SSSR count). The highest BCUT2D eigenvalue weighted by atomic mass is 19.4. The van der Waals surface area contributed by atoms with Crippen molar-refractivity contribution in [1.29, 1.82) is 0 Å². The molecule has 0 bridgehead atoms. The first-order chi connectivity index (χ1) is 8.55. The number of nitrogens with one attached hydrogen (secondary N) is 1. The van der Waals surface area contributed by atoms with Gasteiger partial charge in [-0.05, 0) is 30.5 Å². The van der Waals surface area contributed by atoms with Gasteiger partial charge in [-0.15, -0.1) is 0 Å². The van der Waals surface area contributed by atoms with Crippen LogP contribution in [0.5, 0.6) is 0 Å². The summed E-state index contributed by atoms with van der Waals surface area (Å²) in [7, 11) is 0. The van der Waals surface area contributed by atoms with Crippen LogP contribution in [0.25, 0.3) is 0 Å². The van der Waals surface area contributed by atoms with E-state index in [2.05, 4.69) is 5.32 Å². The van der Waals surface area contributed by atoms with Crippen LogP contribution < -0.4 is 5.32 Å². The van der Waals surface area contributed by atoms with Crippen LogP contribution >= 0.6 is 0 Å². The molecule has 1 N–H and O–H groups in total. The Morgan fingerprint density at radius 3 is 2.50 bits per heavy atom. The molecule has 0 unspecified atom stereocenters. The highest BCUT2D eigenvalue weighted by Crippen LogP contribution is 2.29. The molecule has 0 aliphatic carbocycles. The molecule has 0 aromatic heterocycles. The third-order valence-corrected chi connectivity index (χ3v) is 3.01. The Morgan fingerprint density at radius 1 is 1.22 bits per heavy atom. The van der Waals surface area contributed by atoms with Crippen molar-refractivity contribution in [3.05, 3.63) is 35.4 Å². The summed E-state index contributed by atoms with van der Waals surface area (Å²) in [5.74, 6) is 0. The van der Waals surface area contributed by atoms with E-state index in [1.54, 1.807) is 0 Å². The number of ether oxygens (including phenoxy) is 1. The third-order valence-electron chi connectivity index (χ3n) is 3.01. The molecule has 1 aliphatic heterocycles. The Labute approximate surface area is 104 Å². The fraction of sp³-hybridized carbons (Fsp3) is 0.538. The molecule has 1 aromatic carbocycles. The zero-order valence-electron chi connectivity index (χ0n) is 9.96. The summed E-state index contributed by atoms with van der Waals surface area (Å²) in [5, 5.41) is 3.20. The van der Waals surface area contributed by atoms with Crippen molar-refractivity contribution in [2.75, 3.05) is 13.2 Å². The number of rotatable bonds is 4. The summed E-state index contributed by atoms with van der Waals surface area (Å²) in [6.07, 6.45) is -1.87. The van der Waals surface area contributed by atoms with E-state index in [9.17, 15) is 13.2 Å². The molecule has 1 aliphatic rings. The fourth-order valence-electron chi connectivity index (χ4n) is 1.99. The number of alkyl halides is 3. The minimum absolute atomic E-state index is 0.249. The van der Waals surface area contributed by atoms with Crippen molar-refractivity contribution in [2.45, 2.75) is 31.7 Å². The van der Waals surface area contributed by atoms with Gasteiger partial charge in [-0.3, -0.25) is 0 Å². The van der Waals surface area contributed by atoms with Crippen molar-refractivity contribution in [3.8, 4) is 0 Å². The Bertz CT molecular complexity index is 369. The summed E-state index contributed by atoms with van der Waals surface area (Å²) in [5.41, 5.74) is 0.242. The van der Waals surface area contributed by atoms with Gasteiger partial charge in [0.15, 0.2) is 0 Å². The summed E-state index contributed by atoms with van der Waals surface area (Å²) >= 11 is 0. The molecule has 1 fully saturated rings. The normalized spacial score (nSPS) is 20.3. The molecule has 18 heavy (non-hydrogen) atoms. The summed E-state index contributed by atoms with van der Waals surface area (Å²) in [6.45, 7) is 2.13. The molecule has 0 saturated carbocycles. The molecular weight excluding hydrogens is 243 g/mol. The van der Waals surface area contributed by atoms with E-state index in [1.165, 1.54) is 12.1 Å². The van der Waals surface area contributed by atoms with Crippen LogP contribution in [0.15, 0.2) is 24.3 Å². The van der Waals surface area contributed by atoms with Gasteiger partial charge in [-0.2, -0.15) is 13.2 Å².